The lowest BCUT2D eigenvalue weighted by molar-refractivity contribution is -0.133. The summed E-state index contributed by atoms with van der Waals surface area (Å²) in [6.45, 7) is 4.45. The highest BCUT2D eigenvalue weighted by molar-refractivity contribution is 5.77. The fourth-order valence-electron chi connectivity index (χ4n) is 2.92. The molecule has 0 radical (unpaired) electrons. The minimum absolute atomic E-state index is 0.0762. The molecular weight excluding hydrogens is 264 g/mol. The van der Waals surface area contributed by atoms with E-state index in [0.717, 1.165) is 32.7 Å². The molecule has 1 atom stereocenters. The topological polar surface area (TPSA) is 62.5 Å². The van der Waals surface area contributed by atoms with Gasteiger partial charge in [-0.3, -0.25) is 14.7 Å². The highest BCUT2D eigenvalue weighted by Gasteiger charge is 2.31. The minimum atomic E-state index is 0.0762. The Morgan fingerprint density at radius 1 is 1.24 bits per heavy atom. The predicted octanol–water partition coefficient (Wildman–Crippen LogP) is 0.853. The van der Waals surface area contributed by atoms with Crippen LogP contribution in [-0.2, 0) is 11.3 Å². The maximum absolute atomic E-state index is 12.2. The second-order valence-corrected chi connectivity index (χ2v) is 6.22. The molecule has 1 aromatic rings. The van der Waals surface area contributed by atoms with Gasteiger partial charge in [0.05, 0.1) is 0 Å². The zero-order valence-electron chi connectivity index (χ0n) is 12.4. The largest absolute Gasteiger partial charge is 0.340 e. The molecule has 3 rings (SSSR count). The van der Waals surface area contributed by atoms with Crippen molar-refractivity contribution in [3.63, 3.8) is 0 Å². The molecule has 1 aliphatic carbocycles. The molecule has 2 N–H and O–H groups in total. The van der Waals surface area contributed by atoms with Crippen LogP contribution in [0.1, 0.15) is 24.8 Å². The van der Waals surface area contributed by atoms with E-state index in [4.69, 9.17) is 5.73 Å². The van der Waals surface area contributed by atoms with E-state index >= 15 is 0 Å². The summed E-state index contributed by atoms with van der Waals surface area (Å²) < 4.78 is 0. The van der Waals surface area contributed by atoms with Crippen LogP contribution in [0.4, 0.5) is 0 Å². The molecule has 1 aromatic heterocycles. The van der Waals surface area contributed by atoms with Gasteiger partial charge in [-0.1, -0.05) is 0 Å². The van der Waals surface area contributed by atoms with E-state index in [1.54, 1.807) is 0 Å². The van der Waals surface area contributed by atoms with Crippen LogP contribution in [-0.4, -0.2) is 52.9 Å². The molecule has 2 heterocycles. The lowest BCUT2D eigenvalue weighted by Crippen LogP contribution is -2.49. The molecule has 1 aliphatic heterocycles. The fraction of sp³-hybridized carbons (Fsp3) is 0.625. The average molecular weight is 288 g/mol. The van der Waals surface area contributed by atoms with E-state index in [1.807, 2.05) is 29.4 Å². The van der Waals surface area contributed by atoms with Gasteiger partial charge in [0.1, 0.15) is 0 Å². The van der Waals surface area contributed by atoms with Crippen molar-refractivity contribution >= 4 is 5.91 Å². The van der Waals surface area contributed by atoms with Crippen LogP contribution >= 0.6 is 0 Å². The van der Waals surface area contributed by atoms with Gasteiger partial charge in [0.2, 0.25) is 5.91 Å². The molecular formula is C16H24N4O. The van der Waals surface area contributed by atoms with Crippen LogP contribution in [0.3, 0.4) is 0 Å². The molecule has 21 heavy (non-hydrogen) atoms. The van der Waals surface area contributed by atoms with E-state index in [2.05, 4.69) is 9.88 Å². The van der Waals surface area contributed by atoms with Crippen molar-refractivity contribution in [1.29, 1.82) is 0 Å². The smallest absolute Gasteiger partial charge is 0.224 e. The van der Waals surface area contributed by atoms with Crippen LogP contribution < -0.4 is 5.73 Å². The molecule has 1 unspecified atom stereocenters. The van der Waals surface area contributed by atoms with Crippen molar-refractivity contribution in [2.24, 2.45) is 11.7 Å². The van der Waals surface area contributed by atoms with Crippen LogP contribution in [0.5, 0.6) is 0 Å². The number of amides is 1. The van der Waals surface area contributed by atoms with Gasteiger partial charge in [-0.2, -0.15) is 0 Å². The average Bonchev–Trinajstić information content (AvgIpc) is 3.33. The summed E-state index contributed by atoms with van der Waals surface area (Å²) in [5.74, 6) is 0.833. The SMILES string of the molecule is NC(CC(=O)N1CCN(Cc2ccncc2)CC1)C1CC1. The second kappa shape index (κ2) is 6.54. The summed E-state index contributed by atoms with van der Waals surface area (Å²) in [7, 11) is 0. The number of nitrogens with zero attached hydrogens (tertiary/aromatic N) is 3. The van der Waals surface area contributed by atoms with E-state index in [1.165, 1.54) is 18.4 Å². The van der Waals surface area contributed by atoms with Gasteiger partial charge < -0.3 is 10.6 Å². The number of hydrogen-bond donors (Lipinski definition) is 1. The van der Waals surface area contributed by atoms with Crippen molar-refractivity contribution in [2.45, 2.75) is 31.8 Å². The molecule has 0 aromatic carbocycles. The summed E-state index contributed by atoms with van der Waals surface area (Å²) in [4.78, 5) is 20.6. The van der Waals surface area contributed by atoms with Gasteiger partial charge in [0.15, 0.2) is 0 Å². The first-order valence-electron chi connectivity index (χ1n) is 7.87. The third-order valence-electron chi connectivity index (χ3n) is 4.52. The van der Waals surface area contributed by atoms with Gasteiger partial charge >= 0.3 is 0 Å². The van der Waals surface area contributed by atoms with E-state index in [-0.39, 0.29) is 11.9 Å². The van der Waals surface area contributed by atoms with Crippen LogP contribution in [0.2, 0.25) is 0 Å². The van der Waals surface area contributed by atoms with Crippen molar-refractivity contribution in [2.75, 3.05) is 26.2 Å². The van der Waals surface area contributed by atoms with Gasteiger partial charge in [-0.15, -0.1) is 0 Å². The van der Waals surface area contributed by atoms with E-state index < -0.39 is 0 Å². The molecule has 5 nitrogen and oxygen atoms in total. The summed E-state index contributed by atoms with van der Waals surface area (Å²) in [5, 5.41) is 0. The van der Waals surface area contributed by atoms with Crippen molar-refractivity contribution in [3.8, 4) is 0 Å². The highest BCUT2D eigenvalue weighted by atomic mass is 16.2. The Balaban J connectivity index is 1.43. The molecule has 114 valence electrons. The first-order chi connectivity index (χ1) is 10.2. The zero-order chi connectivity index (χ0) is 14.7. The molecule has 0 spiro atoms. The summed E-state index contributed by atoms with van der Waals surface area (Å²) in [6, 6.07) is 4.17. The lowest BCUT2D eigenvalue weighted by atomic mass is 10.1. The quantitative estimate of drug-likeness (QED) is 0.872. The number of aromatic nitrogens is 1. The molecule has 2 fully saturated rings. The Morgan fingerprint density at radius 2 is 1.90 bits per heavy atom. The number of carbonyl (C=O) groups excluding carboxylic acids is 1. The van der Waals surface area contributed by atoms with Crippen LogP contribution in [0.25, 0.3) is 0 Å². The number of hydrogen-bond acceptors (Lipinski definition) is 4. The second-order valence-electron chi connectivity index (χ2n) is 6.22. The Kier molecular flexibility index (Phi) is 4.51. The first-order valence-corrected chi connectivity index (χ1v) is 7.87. The van der Waals surface area contributed by atoms with Gasteiger partial charge in [0.25, 0.3) is 0 Å². The summed E-state index contributed by atoms with van der Waals surface area (Å²) in [5.41, 5.74) is 7.33. The van der Waals surface area contributed by atoms with Gasteiger partial charge in [-0.25, -0.2) is 0 Å². The first kappa shape index (κ1) is 14.5. The van der Waals surface area contributed by atoms with Gasteiger partial charge in [0, 0.05) is 57.6 Å². The summed E-state index contributed by atoms with van der Waals surface area (Å²) >= 11 is 0. The number of nitrogens with two attached hydrogens (primary N) is 1. The third-order valence-corrected chi connectivity index (χ3v) is 4.52. The maximum Gasteiger partial charge on any atom is 0.224 e. The lowest BCUT2D eigenvalue weighted by Gasteiger charge is -2.35. The van der Waals surface area contributed by atoms with Gasteiger partial charge in [-0.05, 0) is 36.5 Å². The highest BCUT2D eigenvalue weighted by Crippen LogP contribution is 2.33. The van der Waals surface area contributed by atoms with Crippen LogP contribution in [0, 0.1) is 5.92 Å². The van der Waals surface area contributed by atoms with E-state index in [0.29, 0.717) is 12.3 Å². The monoisotopic (exact) mass is 288 g/mol. The fourth-order valence-corrected chi connectivity index (χ4v) is 2.92. The molecule has 1 amide bonds. The summed E-state index contributed by atoms with van der Waals surface area (Å²) in [6.07, 6.45) is 6.58. The molecule has 1 saturated heterocycles. The molecule has 1 saturated carbocycles. The number of pyridine rings is 1. The zero-order valence-corrected chi connectivity index (χ0v) is 12.4. The molecule has 2 aliphatic rings. The van der Waals surface area contributed by atoms with E-state index in [9.17, 15) is 4.79 Å². The number of carbonyl (C=O) groups is 1. The Bertz CT molecular complexity index is 466. The van der Waals surface area contributed by atoms with Crippen molar-refractivity contribution in [1.82, 2.24) is 14.8 Å². The standard InChI is InChI=1S/C16H24N4O/c17-15(14-1-2-14)11-16(21)20-9-7-19(8-10-20)12-13-3-5-18-6-4-13/h3-6,14-15H,1-2,7-12,17H2. The third kappa shape index (κ3) is 4.02. The normalized spacial score (nSPS) is 21.3. The van der Waals surface area contributed by atoms with Crippen LogP contribution in [0.15, 0.2) is 24.5 Å². The Morgan fingerprint density at radius 3 is 2.52 bits per heavy atom. The Labute approximate surface area is 126 Å². The molecule has 0 bridgehead atoms. The Hall–Kier alpha value is -1.46. The number of rotatable bonds is 5. The van der Waals surface area contributed by atoms with Crippen molar-refractivity contribution in [3.05, 3.63) is 30.1 Å². The maximum atomic E-state index is 12.2. The molecule has 5 heteroatoms. The van der Waals surface area contributed by atoms with Crippen molar-refractivity contribution < 1.29 is 4.79 Å². The predicted molar refractivity (Wildman–Crippen MR) is 81.4 cm³/mol. The number of piperazine rings is 1. The minimum Gasteiger partial charge on any atom is -0.340 e.